The Morgan fingerprint density at radius 2 is 2.00 bits per heavy atom. The Morgan fingerprint density at radius 3 is 2.25 bits per heavy atom. The molecule has 6 heteroatoms. The van der Waals surface area contributed by atoms with E-state index in [1.807, 2.05) is 0 Å². The highest BCUT2D eigenvalue weighted by Crippen LogP contribution is 2.57. The van der Waals surface area contributed by atoms with E-state index in [4.69, 9.17) is 9.79 Å². The summed E-state index contributed by atoms with van der Waals surface area (Å²) in [5, 5.41) is 10.6. The summed E-state index contributed by atoms with van der Waals surface area (Å²) in [4.78, 5) is 17.5. The predicted molar refractivity (Wildman–Crippen MR) is 49.6 cm³/mol. The van der Waals surface area contributed by atoms with Gasteiger partial charge < -0.3 is 14.9 Å². The number of rotatable bonds is 5. The molecule has 12 heavy (non-hydrogen) atoms. The lowest BCUT2D eigenvalue weighted by atomic mass is 10.4. The van der Waals surface area contributed by atoms with Crippen LogP contribution in [-0.2, 0) is 4.57 Å². The Morgan fingerprint density at radius 1 is 1.50 bits per heavy atom. The molecule has 0 rings (SSSR count). The van der Waals surface area contributed by atoms with Crippen LogP contribution in [0.1, 0.15) is 6.42 Å². The van der Waals surface area contributed by atoms with Gasteiger partial charge in [-0.3, -0.25) is 4.57 Å². The van der Waals surface area contributed by atoms with E-state index in [0.717, 1.165) is 0 Å². The molecular weight excluding hydrogens is 199 g/mol. The normalized spacial score (nSPS) is 16.6. The van der Waals surface area contributed by atoms with Gasteiger partial charge in [0.15, 0.2) is 0 Å². The van der Waals surface area contributed by atoms with Gasteiger partial charge in [0, 0.05) is 6.42 Å². The van der Waals surface area contributed by atoms with Crippen molar-refractivity contribution in [1.82, 2.24) is 0 Å². The summed E-state index contributed by atoms with van der Waals surface area (Å²) in [5.41, 5.74) is 0. The van der Waals surface area contributed by atoms with Crippen molar-refractivity contribution in [2.24, 2.45) is 0 Å². The quantitative estimate of drug-likeness (QED) is 0.362. The molecule has 0 saturated carbocycles. The van der Waals surface area contributed by atoms with E-state index >= 15 is 0 Å². The van der Waals surface area contributed by atoms with Crippen molar-refractivity contribution in [3.63, 3.8) is 0 Å². The van der Waals surface area contributed by atoms with Gasteiger partial charge in [0.1, 0.15) is 0 Å². The summed E-state index contributed by atoms with van der Waals surface area (Å²) < 4.78 is 8.65. The zero-order valence-electron chi connectivity index (χ0n) is 6.38. The van der Waals surface area contributed by atoms with Crippen molar-refractivity contribution >= 4 is 19.4 Å². The molecule has 0 aromatic carbocycles. The maximum Gasteiger partial charge on any atom is 0.367 e. The molecule has 3 N–H and O–H groups in total. The fourth-order valence-electron chi connectivity index (χ4n) is 0.557. The largest absolute Gasteiger partial charge is 0.368 e. The molecule has 0 heterocycles. The van der Waals surface area contributed by atoms with Crippen LogP contribution in [0.25, 0.3) is 0 Å². The lowest BCUT2D eigenvalue weighted by Crippen LogP contribution is -2.22. The van der Waals surface area contributed by atoms with Crippen molar-refractivity contribution in [2.45, 2.75) is 11.1 Å². The lowest BCUT2D eigenvalue weighted by molar-refractivity contribution is 0.176. The maximum absolute atomic E-state index is 10.8. The second-order valence-electron chi connectivity index (χ2n) is 2.06. The van der Waals surface area contributed by atoms with Crippen molar-refractivity contribution in [2.75, 3.05) is 0 Å². The van der Waals surface area contributed by atoms with E-state index < -0.39 is 12.3 Å². The van der Waals surface area contributed by atoms with Crippen LogP contribution in [0.2, 0.25) is 0 Å². The summed E-state index contributed by atoms with van der Waals surface area (Å²) in [6.45, 7) is 6.56. The molecule has 0 fully saturated rings. The summed E-state index contributed by atoms with van der Waals surface area (Å²) in [7, 11) is -4.54. The fourth-order valence-corrected chi connectivity index (χ4v) is 2.18. The van der Waals surface area contributed by atoms with Crippen LogP contribution in [0, 0.1) is 0 Å². The van der Waals surface area contributed by atoms with Crippen LogP contribution in [0.4, 0.5) is 0 Å². The standard InChI is InChI=1S/C6H11O4PS/c1-3-5-6(7,12-4-2)11(8,9)10/h3-4,7H,1-2,5H2,(H2,8,9,10). The van der Waals surface area contributed by atoms with Crippen LogP contribution in [0.15, 0.2) is 24.6 Å². The number of hydrogen-bond donors (Lipinski definition) is 3. The Kier molecular flexibility index (Phi) is 4.23. The van der Waals surface area contributed by atoms with Gasteiger partial charge in [-0.05, 0) is 5.41 Å². The minimum atomic E-state index is -4.54. The summed E-state index contributed by atoms with van der Waals surface area (Å²) in [6, 6.07) is 0. The SMILES string of the molecule is C=CCC(O)(SC=C)P(=O)(O)O. The van der Waals surface area contributed by atoms with Crippen LogP contribution in [0.3, 0.4) is 0 Å². The highest BCUT2D eigenvalue weighted by atomic mass is 32.2. The highest BCUT2D eigenvalue weighted by molar-refractivity contribution is 8.08. The van der Waals surface area contributed by atoms with Gasteiger partial charge in [0.25, 0.3) is 0 Å². The van der Waals surface area contributed by atoms with Crippen LogP contribution in [-0.4, -0.2) is 19.6 Å². The number of aliphatic hydroxyl groups is 1. The van der Waals surface area contributed by atoms with Crippen LogP contribution < -0.4 is 0 Å². The molecule has 0 aromatic rings. The molecule has 0 aliphatic carbocycles. The second-order valence-corrected chi connectivity index (χ2v) is 5.44. The first-order valence-corrected chi connectivity index (χ1v) is 5.54. The lowest BCUT2D eigenvalue weighted by Gasteiger charge is -2.25. The molecule has 0 aromatic heterocycles. The van der Waals surface area contributed by atoms with E-state index in [-0.39, 0.29) is 6.42 Å². The molecule has 0 aliphatic rings. The summed E-state index contributed by atoms with van der Waals surface area (Å²) in [6.07, 6.45) is 1.06. The number of thioether (sulfide) groups is 1. The molecule has 0 spiro atoms. The molecular formula is C6H11O4PS. The smallest absolute Gasteiger partial charge is 0.367 e. The van der Waals surface area contributed by atoms with E-state index in [2.05, 4.69) is 13.2 Å². The highest BCUT2D eigenvalue weighted by Gasteiger charge is 2.44. The first kappa shape index (κ1) is 11.9. The monoisotopic (exact) mass is 210 g/mol. The van der Waals surface area contributed by atoms with Gasteiger partial charge in [0.05, 0.1) is 0 Å². The van der Waals surface area contributed by atoms with Crippen molar-refractivity contribution in [1.29, 1.82) is 0 Å². The Hall–Kier alpha value is -0.0600. The van der Waals surface area contributed by atoms with Crippen molar-refractivity contribution in [3.05, 3.63) is 24.6 Å². The van der Waals surface area contributed by atoms with E-state index in [9.17, 15) is 9.67 Å². The molecule has 0 amide bonds. The molecule has 1 unspecified atom stereocenters. The van der Waals surface area contributed by atoms with Crippen molar-refractivity contribution in [3.8, 4) is 0 Å². The summed E-state index contributed by atoms with van der Waals surface area (Å²) in [5.74, 6) is 0. The van der Waals surface area contributed by atoms with Gasteiger partial charge in [-0.15, -0.1) is 6.58 Å². The third kappa shape index (κ3) is 2.77. The van der Waals surface area contributed by atoms with E-state index in [0.29, 0.717) is 11.8 Å². The third-order valence-electron chi connectivity index (χ3n) is 1.14. The van der Waals surface area contributed by atoms with Crippen LogP contribution in [0.5, 0.6) is 0 Å². The summed E-state index contributed by atoms with van der Waals surface area (Å²) >= 11 is 0.595. The molecule has 0 radical (unpaired) electrons. The molecule has 0 bridgehead atoms. The molecule has 4 nitrogen and oxygen atoms in total. The zero-order valence-corrected chi connectivity index (χ0v) is 8.09. The maximum atomic E-state index is 10.8. The van der Waals surface area contributed by atoms with Gasteiger partial charge in [-0.1, -0.05) is 24.4 Å². The van der Waals surface area contributed by atoms with E-state index in [1.54, 1.807) is 0 Å². The topological polar surface area (TPSA) is 77.8 Å². The molecule has 70 valence electrons. The minimum absolute atomic E-state index is 0.187. The average Bonchev–Trinajstić information content (AvgIpc) is 1.86. The average molecular weight is 210 g/mol. The minimum Gasteiger partial charge on any atom is -0.368 e. The third-order valence-corrected chi connectivity index (χ3v) is 3.97. The fraction of sp³-hybridized carbons (Fsp3) is 0.333. The van der Waals surface area contributed by atoms with Crippen molar-refractivity contribution < 1.29 is 19.5 Å². The predicted octanol–water partition coefficient (Wildman–Crippen LogP) is 1.26. The Labute approximate surface area is 75.2 Å². The molecule has 0 aliphatic heterocycles. The Bertz CT molecular complexity index is 212. The first-order chi connectivity index (χ1) is 5.37. The van der Waals surface area contributed by atoms with Gasteiger partial charge in [-0.2, -0.15) is 0 Å². The number of hydrogen-bond acceptors (Lipinski definition) is 3. The van der Waals surface area contributed by atoms with Gasteiger partial charge >= 0.3 is 7.60 Å². The zero-order chi connectivity index (χ0) is 9.83. The second kappa shape index (κ2) is 4.25. The first-order valence-electron chi connectivity index (χ1n) is 3.05. The van der Waals surface area contributed by atoms with Crippen LogP contribution >= 0.6 is 19.4 Å². The Balaban J connectivity index is 4.72. The van der Waals surface area contributed by atoms with Gasteiger partial charge in [-0.25, -0.2) is 0 Å². The van der Waals surface area contributed by atoms with E-state index in [1.165, 1.54) is 11.5 Å². The molecule has 1 atom stereocenters. The molecule has 0 saturated heterocycles. The van der Waals surface area contributed by atoms with Gasteiger partial charge in [0.2, 0.25) is 4.67 Å².